The minimum Gasteiger partial charge on any atom is -0.379 e. The second kappa shape index (κ2) is 9.43. The van der Waals surface area contributed by atoms with Crippen molar-refractivity contribution < 1.29 is 9.53 Å². The fraction of sp³-hybridized carbons (Fsp3) is 0.333. The summed E-state index contributed by atoms with van der Waals surface area (Å²) in [6.07, 6.45) is 0.914. The Kier molecular flexibility index (Phi) is 6.49. The fourth-order valence-electron chi connectivity index (χ4n) is 3.22. The van der Waals surface area contributed by atoms with Crippen molar-refractivity contribution in [3.05, 3.63) is 58.1 Å². The van der Waals surface area contributed by atoms with Gasteiger partial charge in [0.25, 0.3) is 5.91 Å². The van der Waals surface area contributed by atoms with Crippen LogP contribution in [-0.4, -0.2) is 55.2 Å². The molecule has 0 N–H and O–H groups in total. The molecule has 1 aliphatic rings. The van der Waals surface area contributed by atoms with Gasteiger partial charge in [-0.1, -0.05) is 36.4 Å². The molecule has 0 aliphatic carbocycles. The molecule has 28 heavy (non-hydrogen) atoms. The van der Waals surface area contributed by atoms with E-state index in [1.165, 1.54) is 22.7 Å². The Morgan fingerprint density at radius 1 is 1.11 bits per heavy atom. The SMILES string of the molecule is O=C(c1cccs1)N(CCCN1CCOCC1)c1nc(-c2ccccc2)cs1. The van der Waals surface area contributed by atoms with E-state index in [1.54, 1.807) is 0 Å². The molecule has 0 saturated carbocycles. The van der Waals surface area contributed by atoms with E-state index in [0.717, 1.165) is 60.5 Å². The Morgan fingerprint density at radius 3 is 2.68 bits per heavy atom. The van der Waals surface area contributed by atoms with Gasteiger partial charge < -0.3 is 4.74 Å². The van der Waals surface area contributed by atoms with Gasteiger partial charge in [-0.25, -0.2) is 4.98 Å². The molecule has 3 heterocycles. The van der Waals surface area contributed by atoms with Crippen LogP contribution >= 0.6 is 22.7 Å². The number of nitrogens with zero attached hydrogens (tertiary/aromatic N) is 3. The van der Waals surface area contributed by atoms with Gasteiger partial charge in [0, 0.05) is 37.1 Å². The summed E-state index contributed by atoms with van der Waals surface area (Å²) >= 11 is 3.01. The summed E-state index contributed by atoms with van der Waals surface area (Å²) < 4.78 is 5.42. The standard InChI is InChI=1S/C21H23N3O2S2/c25-20(19-8-4-15-27-19)24(10-5-9-23-11-13-26-14-12-23)21-22-18(16-28-21)17-6-2-1-3-7-17/h1-4,6-8,15-16H,5,9-14H2. The number of hydrogen-bond donors (Lipinski definition) is 0. The molecular weight excluding hydrogens is 390 g/mol. The minimum absolute atomic E-state index is 0.0333. The second-order valence-electron chi connectivity index (χ2n) is 6.62. The Hall–Kier alpha value is -2.06. The van der Waals surface area contributed by atoms with E-state index in [4.69, 9.17) is 9.72 Å². The average molecular weight is 414 g/mol. The Labute approximate surface area is 173 Å². The van der Waals surface area contributed by atoms with Crippen molar-refractivity contribution in [2.24, 2.45) is 0 Å². The zero-order valence-corrected chi connectivity index (χ0v) is 17.3. The van der Waals surface area contributed by atoms with Gasteiger partial charge in [-0.2, -0.15) is 0 Å². The largest absolute Gasteiger partial charge is 0.379 e. The third-order valence-corrected chi connectivity index (χ3v) is 6.45. The van der Waals surface area contributed by atoms with E-state index < -0.39 is 0 Å². The summed E-state index contributed by atoms with van der Waals surface area (Å²) in [5, 5.41) is 4.73. The molecule has 3 aromatic rings. The first-order valence-corrected chi connectivity index (χ1v) is 11.2. The highest BCUT2D eigenvalue weighted by Gasteiger charge is 2.22. The van der Waals surface area contributed by atoms with Crippen molar-refractivity contribution >= 4 is 33.7 Å². The maximum absolute atomic E-state index is 13.1. The molecule has 7 heteroatoms. The number of benzene rings is 1. The van der Waals surface area contributed by atoms with Crippen molar-refractivity contribution in [2.45, 2.75) is 6.42 Å². The van der Waals surface area contributed by atoms with E-state index in [0.29, 0.717) is 6.54 Å². The van der Waals surface area contributed by atoms with Gasteiger partial charge in [-0.15, -0.1) is 22.7 Å². The van der Waals surface area contributed by atoms with E-state index in [-0.39, 0.29) is 5.91 Å². The van der Waals surface area contributed by atoms with Gasteiger partial charge >= 0.3 is 0 Å². The van der Waals surface area contributed by atoms with Crippen LogP contribution < -0.4 is 4.90 Å². The number of ether oxygens (including phenoxy) is 1. The lowest BCUT2D eigenvalue weighted by molar-refractivity contribution is 0.0376. The third-order valence-electron chi connectivity index (χ3n) is 4.73. The highest BCUT2D eigenvalue weighted by atomic mass is 32.1. The molecule has 4 rings (SSSR count). The number of hydrogen-bond acceptors (Lipinski definition) is 6. The predicted molar refractivity (Wildman–Crippen MR) is 115 cm³/mol. The highest BCUT2D eigenvalue weighted by Crippen LogP contribution is 2.29. The molecule has 0 bridgehead atoms. The monoisotopic (exact) mass is 413 g/mol. The first-order chi connectivity index (χ1) is 13.8. The van der Waals surface area contributed by atoms with Crippen LogP contribution in [-0.2, 0) is 4.74 Å². The summed E-state index contributed by atoms with van der Waals surface area (Å²) in [4.78, 5) is 22.9. The topological polar surface area (TPSA) is 45.7 Å². The van der Waals surface area contributed by atoms with E-state index in [2.05, 4.69) is 4.90 Å². The number of thiophene rings is 1. The van der Waals surface area contributed by atoms with Gasteiger partial charge in [0.2, 0.25) is 0 Å². The number of amides is 1. The summed E-state index contributed by atoms with van der Waals surface area (Å²) in [6.45, 7) is 5.16. The summed E-state index contributed by atoms with van der Waals surface area (Å²) in [6, 6.07) is 13.9. The van der Waals surface area contributed by atoms with E-state index in [9.17, 15) is 4.79 Å². The maximum Gasteiger partial charge on any atom is 0.270 e. The molecule has 1 amide bonds. The quantitative estimate of drug-likeness (QED) is 0.581. The van der Waals surface area contributed by atoms with Crippen LogP contribution in [0.2, 0.25) is 0 Å². The molecule has 1 fully saturated rings. The zero-order valence-electron chi connectivity index (χ0n) is 15.6. The third kappa shape index (κ3) is 4.67. The van der Waals surface area contributed by atoms with Crippen LogP contribution in [0.15, 0.2) is 53.2 Å². The van der Waals surface area contributed by atoms with Gasteiger partial charge in [-0.3, -0.25) is 14.6 Å². The molecule has 1 saturated heterocycles. The van der Waals surface area contributed by atoms with Crippen LogP contribution in [0.5, 0.6) is 0 Å². The number of carbonyl (C=O) groups is 1. The lowest BCUT2D eigenvalue weighted by Gasteiger charge is -2.27. The molecule has 1 aliphatic heterocycles. The van der Waals surface area contributed by atoms with Crippen LogP contribution in [0.4, 0.5) is 5.13 Å². The Morgan fingerprint density at radius 2 is 1.93 bits per heavy atom. The summed E-state index contributed by atoms with van der Waals surface area (Å²) in [5.41, 5.74) is 1.99. The predicted octanol–water partition coefficient (Wildman–Crippen LogP) is 4.24. The van der Waals surface area contributed by atoms with Gasteiger partial charge in [0.05, 0.1) is 23.8 Å². The van der Waals surface area contributed by atoms with Crippen LogP contribution in [0.25, 0.3) is 11.3 Å². The molecule has 146 valence electrons. The zero-order chi connectivity index (χ0) is 19.2. The minimum atomic E-state index is 0.0333. The first kappa shape index (κ1) is 19.3. The highest BCUT2D eigenvalue weighted by molar-refractivity contribution is 7.14. The number of rotatable bonds is 7. The lowest BCUT2D eigenvalue weighted by Crippen LogP contribution is -2.39. The molecule has 0 unspecified atom stereocenters. The maximum atomic E-state index is 13.1. The van der Waals surface area contributed by atoms with Crippen LogP contribution in [0.3, 0.4) is 0 Å². The fourth-order valence-corrected chi connectivity index (χ4v) is 4.75. The van der Waals surface area contributed by atoms with Crippen molar-refractivity contribution in [3.8, 4) is 11.3 Å². The molecular formula is C21H23N3O2S2. The molecule has 0 radical (unpaired) electrons. The number of anilines is 1. The Balaban J connectivity index is 1.49. The van der Waals surface area contributed by atoms with Crippen molar-refractivity contribution in [3.63, 3.8) is 0 Å². The van der Waals surface area contributed by atoms with Gasteiger partial charge in [-0.05, 0) is 17.9 Å². The number of carbonyl (C=O) groups excluding carboxylic acids is 1. The van der Waals surface area contributed by atoms with Crippen LogP contribution in [0.1, 0.15) is 16.1 Å². The average Bonchev–Trinajstić information content (AvgIpc) is 3.45. The van der Waals surface area contributed by atoms with E-state index >= 15 is 0 Å². The second-order valence-corrected chi connectivity index (χ2v) is 8.41. The number of thiazole rings is 1. The number of morpholine rings is 1. The molecule has 5 nitrogen and oxygen atoms in total. The van der Waals surface area contributed by atoms with Crippen molar-refractivity contribution in [2.75, 3.05) is 44.3 Å². The lowest BCUT2D eigenvalue weighted by atomic mass is 10.2. The molecule has 0 atom stereocenters. The number of aromatic nitrogens is 1. The molecule has 1 aromatic carbocycles. The van der Waals surface area contributed by atoms with Gasteiger partial charge in [0.1, 0.15) is 0 Å². The smallest absolute Gasteiger partial charge is 0.270 e. The summed E-state index contributed by atoms with van der Waals surface area (Å²) in [5.74, 6) is 0.0333. The van der Waals surface area contributed by atoms with Gasteiger partial charge in [0.15, 0.2) is 5.13 Å². The van der Waals surface area contributed by atoms with Crippen molar-refractivity contribution in [1.82, 2.24) is 9.88 Å². The van der Waals surface area contributed by atoms with Crippen LogP contribution in [0, 0.1) is 0 Å². The summed E-state index contributed by atoms with van der Waals surface area (Å²) in [7, 11) is 0. The molecule has 2 aromatic heterocycles. The van der Waals surface area contributed by atoms with Crippen molar-refractivity contribution in [1.29, 1.82) is 0 Å². The first-order valence-electron chi connectivity index (χ1n) is 9.48. The normalized spacial score (nSPS) is 14.9. The Bertz CT molecular complexity index is 874. The van der Waals surface area contributed by atoms with E-state index in [1.807, 2.05) is 58.1 Å². The molecule has 0 spiro atoms.